The average molecular weight is 750 g/mol. The Bertz CT molecular complexity index is 1860. The van der Waals surface area contributed by atoms with Crippen LogP contribution in [-0.4, -0.2) is 99.4 Å². The van der Waals surface area contributed by atoms with Gasteiger partial charge in [-0.05, 0) is 42.7 Å². The van der Waals surface area contributed by atoms with Crippen LogP contribution >= 0.6 is 0 Å². The molecule has 6 rings (SSSR count). The van der Waals surface area contributed by atoms with Gasteiger partial charge in [-0.25, -0.2) is 9.59 Å². The highest BCUT2D eigenvalue weighted by atomic mass is 16.6. The number of benzene rings is 2. The lowest BCUT2D eigenvalue weighted by Crippen LogP contribution is -2.82. The van der Waals surface area contributed by atoms with Crippen LogP contribution in [0.5, 0.6) is 0 Å². The van der Waals surface area contributed by atoms with Crippen molar-refractivity contribution in [3.8, 4) is 0 Å². The minimum atomic E-state index is -2.32. The molecule has 3 aliphatic carbocycles. The number of esters is 4. The first kappa shape index (κ1) is 39.2. The SMILES string of the molecule is CC(=O)O[C@H]1C(=O)[C@@]2(C)[C@H]([C@H](OC(=O)c3ccccc3)[C@]3(O)C[C@H](OC(=O)[C@H](O)C(N)c4ccccc4)C(C)=C1C3(C)C)[C@]1(OC(C)=O)CO[C@@H]1C[C@@H]2O. The molecule has 1 aliphatic heterocycles. The molecule has 0 aromatic heterocycles. The smallest absolute Gasteiger partial charge is 0.338 e. The van der Waals surface area contributed by atoms with E-state index in [9.17, 15) is 34.5 Å². The van der Waals surface area contributed by atoms with E-state index >= 15 is 4.79 Å². The fourth-order valence-corrected chi connectivity index (χ4v) is 9.23. The highest BCUT2D eigenvalue weighted by Gasteiger charge is 2.78. The second kappa shape index (κ2) is 14.0. The second-order valence-electron chi connectivity index (χ2n) is 15.6. The molecular weight excluding hydrogens is 702 g/mol. The van der Waals surface area contributed by atoms with E-state index in [0.717, 1.165) is 13.8 Å². The molecule has 1 heterocycles. The average Bonchev–Trinajstić information content (AvgIpc) is 3.12. The lowest BCUT2D eigenvalue weighted by atomic mass is 9.44. The summed E-state index contributed by atoms with van der Waals surface area (Å²) in [5.74, 6) is -6.01. The Morgan fingerprint density at radius 2 is 1.54 bits per heavy atom. The first-order valence-corrected chi connectivity index (χ1v) is 17.9. The van der Waals surface area contributed by atoms with Crippen molar-refractivity contribution < 1.29 is 63.0 Å². The first-order valence-electron chi connectivity index (χ1n) is 17.9. The monoisotopic (exact) mass is 749 g/mol. The van der Waals surface area contributed by atoms with E-state index in [4.69, 9.17) is 29.4 Å². The van der Waals surface area contributed by atoms with Crippen LogP contribution in [0.1, 0.15) is 76.3 Å². The molecule has 0 radical (unpaired) electrons. The Hall–Kier alpha value is -4.47. The van der Waals surface area contributed by atoms with Crippen molar-refractivity contribution in [3.63, 3.8) is 0 Å². The van der Waals surface area contributed by atoms with Gasteiger partial charge in [-0.1, -0.05) is 62.4 Å². The molecule has 0 amide bonds. The highest BCUT2D eigenvalue weighted by Crippen LogP contribution is 2.64. The number of aliphatic hydroxyl groups excluding tert-OH is 2. The number of nitrogens with two attached hydrogens (primary N) is 1. The van der Waals surface area contributed by atoms with Crippen molar-refractivity contribution in [3.05, 3.63) is 82.9 Å². The number of Topliss-reactive ketones (excluding diaryl/α,β-unsaturated/α-hetero) is 1. The Morgan fingerprint density at radius 1 is 0.926 bits per heavy atom. The standard InChI is InChI=1S/C40H47NO13/c1-20-25(52-36(48)30(45)29(41)23-13-9-7-10-14-23)18-40(49)34(53-35(47)24-15-11-8-12-16-24)32-38(6,26(44)17-27-39(32,19-50-27)54-22(3)43)33(46)31(51-21(2)42)28(20)37(40,4)5/h7-16,25-27,29-32,34,44-45,49H,17-19,41H2,1-6H3/t25-,26-,27+,29?,30+,31+,32-,34-,38+,39-,40+/m0/s1. The Morgan fingerprint density at radius 3 is 2.09 bits per heavy atom. The van der Waals surface area contributed by atoms with E-state index in [1.165, 1.54) is 19.1 Å². The van der Waals surface area contributed by atoms with Crippen LogP contribution in [0.15, 0.2) is 71.8 Å². The molecule has 4 aliphatic rings. The molecular formula is C40H47NO13. The molecule has 5 N–H and O–H groups in total. The summed E-state index contributed by atoms with van der Waals surface area (Å²) in [7, 11) is 0. The summed E-state index contributed by atoms with van der Waals surface area (Å²) in [6.45, 7) is 8.08. The molecule has 0 spiro atoms. The summed E-state index contributed by atoms with van der Waals surface area (Å²) < 4.78 is 29.9. The summed E-state index contributed by atoms with van der Waals surface area (Å²) in [4.78, 5) is 68.7. The largest absolute Gasteiger partial charge is 0.456 e. The summed E-state index contributed by atoms with van der Waals surface area (Å²) in [6.07, 6.45) is -9.98. The van der Waals surface area contributed by atoms with E-state index in [2.05, 4.69) is 0 Å². The molecule has 54 heavy (non-hydrogen) atoms. The van der Waals surface area contributed by atoms with Crippen molar-refractivity contribution in [2.24, 2.45) is 22.5 Å². The Labute approximate surface area is 312 Å². The maximum atomic E-state index is 15.3. The third-order valence-electron chi connectivity index (χ3n) is 12.2. The number of rotatable bonds is 8. The number of hydrogen-bond acceptors (Lipinski definition) is 14. The number of hydrogen-bond donors (Lipinski definition) is 4. The maximum Gasteiger partial charge on any atom is 0.338 e. The fraction of sp³-hybridized carbons (Fsp3) is 0.525. The maximum absolute atomic E-state index is 15.3. The fourth-order valence-electron chi connectivity index (χ4n) is 9.23. The predicted molar refractivity (Wildman–Crippen MR) is 188 cm³/mol. The number of aliphatic hydroxyl groups is 3. The van der Waals surface area contributed by atoms with Gasteiger partial charge >= 0.3 is 23.9 Å². The van der Waals surface area contributed by atoms with E-state index < -0.39 is 107 Å². The second-order valence-corrected chi connectivity index (χ2v) is 15.6. The number of carbonyl (C=O) groups excluding carboxylic acids is 5. The zero-order chi connectivity index (χ0) is 39.5. The normalized spacial score (nSPS) is 35.0. The van der Waals surface area contributed by atoms with Crippen molar-refractivity contribution in [2.75, 3.05) is 6.61 Å². The zero-order valence-corrected chi connectivity index (χ0v) is 31.0. The topological polar surface area (TPSA) is 218 Å². The van der Waals surface area contributed by atoms with Crippen LogP contribution in [0.25, 0.3) is 0 Å². The third kappa shape index (κ3) is 6.04. The van der Waals surface area contributed by atoms with E-state index in [-0.39, 0.29) is 29.7 Å². The van der Waals surface area contributed by atoms with Gasteiger partial charge in [0.15, 0.2) is 23.6 Å². The number of ketones is 1. The van der Waals surface area contributed by atoms with Gasteiger partial charge in [0, 0.05) is 32.1 Å². The molecule has 2 saturated carbocycles. The molecule has 1 saturated heterocycles. The molecule has 14 heteroatoms. The van der Waals surface area contributed by atoms with E-state index in [1.807, 2.05) is 0 Å². The Balaban J connectivity index is 1.58. The number of fused-ring (bicyclic) bond motifs is 5. The molecule has 11 atom stereocenters. The molecule has 2 aromatic rings. The lowest BCUT2D eigenvalue weighted by Gasteiger charge is -2.67. The molecule has 2 aromatic carbocycles. The van der Waals surface area contributed by atoms with Crippen LogP contribution in [0.3, 0.4) is 0 Å². The van der Waals surface area contributed by atoms with Crippen molar-refractivity contribution >= 4 is 29.7 Å². The van der Waals surface area contributed by atoms with Crippen LogP contribution < -0.4 is 5.73 Å². The summed E-state index contributed by atoms with van der Waals surface area (Å²) in [5.41, 5.74) is -0.605. The van der Waals surface area contributed by atoms with Gasteiger partial charge in [0.05, 0.1) is 35.6 Å². The van der Waals surface area contributed by atoms with Gasteiger partial charge in [-0.15, -0.1) is 0 Å². The quantitative estimate of drug-likeness (QED) is 0.173. The van der Waals surface area contributed by atoms with Crippen LogP contribution in [0.4, 0.5) is 0 Å². The van der Waals surface area contributed by atoms with E-state index in [0.29, 0.717) is 5.56 Å². The van der Waals surface area contributed by atoms with Gasteiger partial charge in [-0.2, -0.15) is 0 Å². The molecule has 290 valence electrons. The Kier molecular flexibility index (Phi) is 10.2. The van der Waals surface area contributed by atoms with Crippen molar-refractivity contribution in [1.82, 2.24) is 0 Å². The van der Waals surface area contributed by atoms with Gasteiger partial charge < -0.3 is 44.7 Å². The predicted octanol–water partition coefficient (Wildman–Crippen LogP) is 2.26. The van der Waals surface area contributed by atoms with Crippen LogP contribution in [0.2, 0.25) is 0 Å². The van der Waals surface area contributed by atoms with E-state index in [1.54, 1.807) is 69.3 Å². The molecule has 14 nitrogen and oxygen atoms in total. The van der Waals surface area contributed by atoms with Crippen LogP contribution in [0, 0.1) is 16.7 Å². The zero-order valence-electron chi connectivity index (χ0n) is 31.0. The number of ether oxygens (including phenoxy) is 5. The van der Waals surface area contributed by atoms with Crippen molar-refractivity contribution in [2.45, 2.75) is 108 Å². The summed E-state index contributed by atoms with van der Waals surface area (Å²) >= 11 is 0. The third-order valence-corrected chi connectivity index (χ3v) is 12.2. The van der Waals surface area contributed by atoms with Gasteiger partial charge in [0.25, 0.3) is 0 Å². The first-order chi connectivity index (χ1) is 25.3. The summed E-state index contributed by atoms with van der Waals surface area (Å²) in [6, 6.07) is 15.1. The molecule has 3 fully saturated rings. The van der Waals surface area contributed by atoms with Crippen molar-refractivity contribution in [1.29, 1.82) is 0 Å². The minimum Gasteiger partial charge on any atom is -0.456 e. The van der Waals surface area contributed by atoms with Gasteiger partial charge in [0.2, 0.25) is 0 Å². The van der Waals surface area contributed by atoms with Gasteiger partial charge in [0.1, 0.15) is 23.9 Å². The van der Waals surface area contributed by atoms with Gasteiger partial charge in [-0.3, -0.25) is 14.4 Å². The summed E-state index contributed by atoms with van der Waals surface area (Å²) in [5, 5.41) is 36.5. The highest BCUT2D eigenvalue weighted by molar-refractivity contribution is 5.95. The molecule has 2 bridgehead atoms. The van der Waals surface area contributed by atoms with Crippen LogP contribution in [-0.2, 0) is 42.9 Å². The molecule has 1 unspecified atom stereocenters. The minimum absolute atomic E-state index is 0.0391. The lowest BCUT2D eigenvalue weighted by molar-refractivity contribution is -0.346. The number of carbonyl (C=O) groups is 5.